The van der Waals surface area contributed by atoms with Crippen LogP contribution in [0, 0.1) is 29.6 Å². The van der Waals surface area contributed by atoms with Crippen molar-refractivity contribution in [3.63, 3.8) is 0 Å². The van der Waals surface area contributed by atoms with E-state index in [0.717, 1.165) is 113 Å². The van der Waals surface area contributed by atoms with Crippen molar-refractivity contribution in [2.45, 2.75) is 135 Å². The number of unbranched alkanes of at least 4 members (excludes halogenated alkanes) is 8. The average Bonchev–Trinajstić information content (AvgIpc) is 3.94. The first-order chi connectivity index (χ1) is 26.5. The molecule has 54 heavy (non-hydrogen) atoms. The summed E-state index contributed by atoms with van der Waals surface area (Å²) in [5.41, 5.74) is 7.92. The number of carbonyl (C=O) groups excluding carboxylic acids is 4. The Bertz CT molecular complexity index is 1660. The molecule has 0 aromatic carbocycles. The van der Waals surface area contributed by atoms with E-state index in [1.54, 1.807) is 4.90 Å². The summed E-state index contributed by atoms with van der Waals surface area (Å²) in [4.78, 5) is 63.2. The highest BCUT2D eigenvalue weighted by Crippen LogP contribution is 2.62. The van der Waals surface area contributed by atoms with Gasteiger partial charge in [0.1, 0.15) is 6.29 Å². The molecule has 1 saturated carbocycles. The van der Waals surface area contributed by atoms with Crippen LogP contribution in [0.5, 0.6) is 0 Å². The largest absolute Gasteiger partial charge is 0.356 e. The van der Waals surface area contributed by atoms with E-state index in [9.17, 15) is 19.2 Å². The number of hydrogen-bond acceptors (Lipinski definition) is 6. The third-order valence-electron chi connectivity index (χ3n) is 14.4. The van der Waals surface area contributed by atoms with Gasteiger partial charge in [-0.3, -0.25) is 29.1 Å². The number of hydrogen-bond donors (Lipinski definition) is 1. The van der Waals surface area contributed by atoms with Crippen molar-refractivity contribution in [2.24, 2.45) is 29.6 Å². The standard InChI is InChI=1S/C46H64N4O4/c1-3-5-7-9-10-12-26-50-45(53)33-20-19-32-40-36(48-22-13-14-23-48)27-34(44(52)47-21-11-8-6-4-2)38-30(29-51)17-18-31(42(38)40)41-37(49-24-15-16-25-49)28-35(46(50)54)39(33)43(32)41/h18-19,28-30,33-34,36-37,40-41H,3-17,20-27H2,1-2H3,(H,47,52). The van der Waals surface area contributed by atoms with Gasteiger partial charge in [0, 0.05) is 48.5 Å². The van der Waals surface area contributed by atoms with Crippen LogP contribution in [0.25, 0.3) is 0 Å². The Labute approximate surface area is 323 Å². The van der Waals surface area contributed by atoms with Crippen molar-refractivity contribution in [3.05, 3.63) is 57.2 Å². The lowest BCUT2D eigenvalue weighted by atomic mass is 9.51. The lowest BCUT2D eigenvalue weighted by molar-refractivity contribution is -0.146. The third kappa shape index (κ3) is 6.65. The lowest BCUT2D eigenvalue weighted by Gasteiger charge is -2.56. The minimum atomic E-state index is -0.327. The molecule has 8 rings (SSSR count). The quantitative estimate of drug-likeness (QED) is 0.102. The highest BCUT2D eigenvalue weighted by atomic mass is 16.2. The summed E-state index contributed by atoms with van der Waals surface area (Å²) in [7, 11) is 0. The van der Waals surface area contributed by atoms with E-state index >= 15 is 0 Å². The zero-order chi connectivity index (χ0) is 37.3. The SMILES string of the molecule is CCCCCCCCN1C(=O)C2=CC(N3CCCC3)C3C4=CCC(C=O)C5=C4C(C4=CCC(C1=O)C2=C43)C(N1CCCC1)CC5C(=O)NCCCCCC. The Hall–Kier alpha value is -3.10. The van der Waals surface area contributed by atoms with Crippen LogP contribution >= 0.6 is 0 Å². The van der Waals surface area contributed by atoms with E-state index in [2.05, 4.69) is 47.2 Å². The van der Waals surface area contributed by atoms with E-state index in [0.29, 0.717) is 32.4 Å². The molecule has 3 aliphatic heterocycles. The molecule has 7 unspecified atom stereocenters. The molecule has 4 fully saturated rings. The average molecular weight is 737 g/mol. The van der Waals surface area contributed by atoms with E-state index < -0.39 is 0 Å². The van der Waals surface area contributed by atoms with Crippen LogP contribution in [0.15, 0.2) is 57.2 Å². The van der Waals surface area contributed by atoms with Crippen molar-refractivity contribution in [3.8, 4) is 0 Å². The van der Waals surface area contributed by atoms with Crippen LogP contribution in [0.4, 0.5) is 0 Å². The topological polar surface area (TPSA) is 90.0 Å². The number of allylic oxidation sites excluding steroid dienone is 2. The number of imide groups is 1. The Balaban J connectivity index is 1.22. The fourth-order valence-electron chi connectivity index (χ4n) is 11.8. The van der Waals surface area contributed by atoms with Crippen LogP contribution in [0.1, 0.15) is 123 Å². The van der Waals surface area contributed by atoms with Crippen molar-refractivity contribution >= 4 is 24.0 Å². The maximum absolute atomic E-state index is 14.6. The summed E-state index contributed by atoms with van der Waals surface area (Å²) in [6.45, 7) is 9.63. The number of likely N-dealkylation sites (tertiary alicyclic amines) is 3. The number of carbonyl (C=O) groups is 4. The normalized spacial score (nSPS) is 32.0. The molecule has 8 nitrogen and oxygen atoms in total. The summed E-state index contributed by atoms with van der Waals surface area (Å²) >= 11 is 0. The molecule has 3 saturated heterocycles. The second kappa shape index (κ2) is 16.6. The van der Waals surface area contributed by atoms with Gasteiger partial charge in [-0.1, -0.05) is 83.4 Å². The number of aldehydes is 1. The number of fused-ring (bicyclic) bond motifs is 2. The minimum Gasteiger partial charge on any atom is -0.356 e. The van der Waals surface area contributed by atoms with Gasteiger partial charge in [-0.15, -0.1) is 0 Å². The fraction of sp³-hybridized carbons (Fsp3) is 0.696. The number of piperidine rings is 1. The van der Waals surface area contributed by atoms with Gasteiger partial charge in [0.2, 0.25) is 11.8 Å². The molecule has 0 bridgehead atoms. The number of rotatable bonds is 16. The molecule has 0 aromatic heterocycles. The Morgan fingerprint density at radius 3 is 2.15 bits per heavy atom. The van der Waals surface area contributed by atoms with Crippen LogP contribution in [-0.4, -0.2) is 90.1 Å². The first-order valence-corrected chi connectivity index (χ1v) is 22.2. The zero-order valence-electron chi connectivity index (χ0n) is 33.1. The molecular weight excluding hydrogens is 673 g/mol. The molecule has 1 N–H and O–H groups in total. The highest BCUT2D eigenvalue weighted by Gasteiger charge is 2.58. The highest BCUT2D eigenvalue weighted by molar-refractivity contribution is 6.14. The van der Waals surface area contributed by atoms with Gasteiger partial charge >= 0.3 is 0 Å². The summed E-state index contributed by atoms with van der Waals surface area (Å²) in [6, 6.07) is 0.134. The molecule has 3 amide bonds. The van der Waals surface area contributed by atoms with E-state index in [-0.39, 0.29) is 59.4 Å². The second-order valence-corrected chi connectivity index (χ2v) is 17.6. The van der Waals surface area contributed by atoms with Crippen LogP contribution in [0.3, 0.4) is 0 Å². The zero-order valence-corrected chi connectivity index (χ0v) is 33.1. The fourth-order valence-corrected chi connectivity index (χ4v) is 11.8. The molecule has 5 aliphatic carbocycles. The van der Waals surface area contributed by atoms with Crippen molar-refractivity contribution in [1.29, 1.82) is 0 Å². The molecule has 8 aliphatic rings. The Morgan fingerprint density at radius 2 is 1.43 bits per heavy atom. The Kier molecular flexibility index (Phi) is 11.6. The summed E-state index contributed by atoms with van der Waals surface area (Å²) in [6.07, 6.45) is 25.7. The van der Waals surface area contributed by atoms with Gasteiger partial charge in [-0.2, -0.15) is 0 Å². The predicted octanol–water partition coefficient (Wildman–Crippen LogP) is 7.23. The van der Waals surface area contributed by atoms with Crippen LogP contribution in [-0.2, 0) is 19.2 Å². The van der Waals surface area contributed by atoms with Gasteiger partial charge < -0.3 is 10.1 Å². The van der Waals surface area contributed by atoms with Gasteiger partial charge in [-0.05, 0) is 117 Å². The number of amides is 3. The third-order valence-corrected chi connectivity index (χ3v) is 14.4. The van der Waals surface area contributed by atoms with Crippen molar-refractivity contribution < 1.29 is 19.2 Å². The van der Waals surface area contributed by atoms with E-state index in [1.165, 1.54) is 48.0 Å². The number of nitrogens with one attached hydrogen (secondary N) is 1. The molecule has 0 radical (unpaired) electrons. The maximum Gasteiger partial charge on any atom is 0.260 e. The molecule has 292 valence electrons. The monoisotopic (exact) mass is 736 g/mol. The van der Waals surface area contributed by atoms with Gasteiger partial charge in [0.05, 0.1) is 11.8 Å². The molecule has 8 heteroatoms. The summed E-state index contributed by atoms with van der Waals surface area (Å²) in [5.74, 6) is -0.956. The van der Waals surface area contributed by atoms with Gasteiger partial charge in [-0.25, -0.2) is 0 Å². The maximum atomic E-state index is 14.6. The first-order valence-electron chi connectivity index (χ1n) is 22.2. The van der Waals surface area contributed by atoms with Gasteiger partial charge in [0.25, 0.3) is 5.91 Å². The predicted molar refractivity (Wildman–Crippen MR) is 212 cm³/mol. The lowest BCUT2D eigenvalue weighted by Crippen LogP contribution is -2.57. The molecule has 7 atom stereocenters. The van der Waals surface area contributed by atoms with E-state index in [4.69, 9.17) is 0 Å². The van der Waals surface area contributed by atoms with Gasteiger partial charge in [0.15, 0.2) is 0 Å². The summed E-state index contributed by atoms with van der Waals surface area (Å²) < 4.78 is 0. The van der Waals surface area contributed by atoms with Crippen molar-refractivity contribution in [2.75, 3.05) is 39.3 Å². The molecule has 3 heterocycles. The second-order valence-electron chi connectivity index (χ2n) is 17.6. The summed E-state index contributed by atoms with van der Waals surface area (Å²) in [5, 5.41) is 3.34. The van der Waals surface area contributed by atoms with E-state index in [1.807, 2.05) is 0 Å². The smallest absolute Gasteiger partial charge is 0.260 e. The van der Waals surface area contributed by atoms with Crippen LogP contribution < -0.4 is 5.32 Å². The molecular formula is C46H64N4O4. The minimum absolute atomic E-state index is 0.00295. The Morgan fingerprint density at radius 1 is 0.778 bits per heavy atom. The molecule has 0 spiro atoms. The number of nitrogens with zero attached hydrogens (tertiary/aromatic N) is 3. The van der Waals surface area contributed by atoms with Crippen molar-refractivity contribution in [1.82, 2.24) is 20.0 Å². The first kappa shape index (κ1) is 37.8. The van der Waals surface area contributed by atoms with Crippen LogP contribution in [0.2, 0.25) is 0 Å². The molecule has 0 aromatic rings.